The third-order valence-electron chi connectivity index (χ3n) is 4.49. The van der Waals surface area contributed by atoms with Crippen LogP contribution in [0, 0.1) is 0 Å². The summed E-state index contributed by atoms with van der Waals surface area (Å²) in [6.07, 6.45) is 2.34. The molecule has 0 saturated carbocycles. The number of nitrogens with one attached hydrogen (secondary N) is 1. The monoisotopic (exact) mass is 381 g/mol. The minimum atomic E-state index is -0.275. The average Bonchev–Trinajstić information content (AvgIpc) is 3.26. The molecule has 7 nitrogen and oxygen atoms in total. The largest absolute Gasteiger partial charge is 0.346 e. The fourth-order valence-corrected chi connectivity index (χ4v) is 3.99. The zero-order valence-corrected chi connectivity index (χ0v) is 15.9. The molecule has 4 heterocycles. The zero-order chi connectivity index (χ0) is 19.0. The van der Waals surface area contributed by atoms with Crippen molar-refractivity contribution in [1.82, 2.24) is 24.5 Å². The smallest absolute Gasteiger partial charge is 0.291 e. The Labute approximate surface area is 159 Å². The lowest BCUT2D eigenvalue weighted by molar-refractivity contribution is -0.122. The third kappa shape index (κ3) is 3.12. The Bertz CT molecular complexity index is 1180. The molecule has 0 unspecified atom stereocenters. The van der Waals surface area contributed by atoms with Crippen molar-refractivity contribution in [3.05, 3.63) is 63.8 Å². The van der Waals surface area contributed by atoms with Crippen LogP contribution in [0.1, 0.15) is 31.4 Å². The van der Waals surface area contributed by atoms with Gasteiger partial charge in [0, 0.05) is 12.6 Å². The van der Waals surface area contributed by atoms with Gasteiger partial charge in [-0.25, -0.2) is 4.68 Å². The fourth-order valence-electron chi connectivity index (χ4n) is 3.19. The Morgan fingerprint density at radius 1 is 1.30 bits per heavy atom. The van der Waals surface area contributed by atoms with Crippen LogP contribution in [0.3, 0.4) is 0 Å². The second-order valence-electron chi connectivity index (χ2n) is 6.31. The molecule has 0 aliphatic carbocycles. The van der Waals surface area contributed by atoms with Gasteiger partial charge in [0.1, 0.15) is 17.9 Å². The quantitative estimate of drug-likeness (QED) is 0.576. The summed E-state index contributed by atoms with van der Waals surface area (Å²) in [5.41, 5.74) is 2.03. The van der Waals surface area contributed by atoms with Crippen LogP contribution in [-0.2, 0) is 17.8 Å². The number of fused-ring (bicyclic) bond motifs is 3. The number of hydrogen-bond donors (Lipinski definition) is 1. The number of aromatic nitrogens is 4. The summed E-state index contributed by atoms with van der Waals surface area (Å²) in [6, 6.07) is 9.15. The van der Waals surface area contributed by atoms with Gasteiger partial charge in [-0.15, -0.1) is 11.3 Å². The van der Waals surface area contributed by atoms with E-state index in [9.17, 15) is 9.59 Å². The summed E-state index contributed by atoms with van der Waals surface area (Å²) < 4.78 is 4.17. The first kappa shape index (κ1) is 17.4. The first-order chi connectivity index (χ1) is 13.1. The Hall–Kier alpha value is -3.00. The average molecular weight is 381 g/mol. The summed E-state index contributed by atoms with van der Waals surface area (Å²) in [5, 5.41) is 9.30. The van der Waals surface area contributed by atoms with E-state index >= 15 is 0 Å². The van der Waals surface area contributed by atoms with Crippen LogP contribution in [0.15, 0.2) is 46.7 Å². The van der Waals surface area contributed by atoms with Crippen molar-refractivity contribution in [2.45, 2.75) is 32.9 Å². The number of rotatable bonds is 5. The lowest BCUT2D eigenvalue weighted by Crippen LogP contribution is -2.36. The first-order valence-corrected chi connectivity index (χ1v) is 9.65. The molecule has 0 bridgehead atoms. The van der Waals surface area contributed by atoms with Crippen LogP contribution in [0.25, 0.3) is 15.7 Å². The lowest BCUT2D eigenvalue weighted by atomic mass is 10.2. The molecule has 0 radical (unpaired) electrons. The van der Waals surface area contributed by atoms with Crippen molar-refractivity contribution in [3.8, 4) is 0 Å². The Morgan fingerprint density at radius 2 is 2.15 bits per heavy atom. The predicted molar refractivity (Wildman–Crippen MR) is 105 cm³/mol. The molecule has 4 aromatic heterocycles. The molecular weight excluding hydrogens is 362 g/mol. The van der Waals surface area contributed by atoms with E-state index in [2.05, 4.69) is 15.4 Å². The summed E-state index contributed by atoms with van der Waals surface area (Å²) in [4.78, 5) is 29.6. The van der Waals surface area contributed by atoms with E-state index in [4.69, 9.17) is 0 Å². The summed E-state index contributed by atoms with van der Waals surface area (Å²) in [7, 11) is 0. The van der Waals surface area contributed by atoms with Crippen molar-refractivity contribution in [1.29, 1.82) is 0 Å². The Balaban J connectivity index is 1.64. The van der Waals surface area contributed by atoms with Gasteiger partial charge in [0.25, 0.3) is 5.56 Å². The zero-order valence-electron chi connectivity index (χ0n) is 15.0. The summed E-state index contributed by atoms with van der Waals surface area (Å²) in [5.74, 6) is 0.478. The number of amides is 1. The van der Waals surface area contributed by atoms with Gasteiger partial charge in [-0.2, -0.15) is 5.10 Å². The van der Waals surface area contributed by atoms with Crippen molar-refractivity contribution >= 4 is 33.0 Å². The third-order valence-corrected chi connectivity index (χ3v) is 5.34. The second kappa shape index (κ2) is 6.96. The molecule has 0 fully saturated rings. The normalized spacial score (nSPS) is 12.5. The molecule has 8 heteroatoms. The first-order valence-electron chi connectivity index (χ1n) is 8.77. The van der Waals surface area contributed by atoms with E-state index in [1.165, 1.54) is 4.68 Å². The number of hydrogen-bond acceptors (Lipinski definition) is 5. The topological polar surface area (TPSA) is 81.3 Å². The van der Waals surface area contributed by atoms with Gasteiger partial charge in [0.2, 0.25) is 5.91 Å². The number of aryl methyl sites for hydroxylation is 1. The molecule has 4 rings (SSSR count). The van der Waals surface area contributed by atoms with Crippen molar-refractivity contribution in [3.63, 3.8) is 0 Å². The minimum Gasteiger partial charge on any atom is -0.346 e. The van der Waals surface area contributed by atoms with Gasteiger partial charge in [-0.3, -0.25) is 19.0 Å². The number of carbonyl (C=O) groups is 1. The standard InChI is InChI=1S/C19H19N5O2S/c1-3-17-22-23(11-18(25)21-12(2)13-6-4-5-8-20-13)19(26)15-10-16-14(24(15)17)7-9-27-16/h4-10,12H,3,11H2,1-2H3,(H,21,25)/t12-/m0/s1. The van der Waals surface area contributed by atoms with Crippen LogP contribution in [0.5, 0.6) is 0 Å². The van der Waals surface area contributed by atoms with E-state index in [1.807, 2.05) is 54.0 Å². The summed E-state index contributed by atoms with van der Waals surface area (Å²) >= 11 is 1.58. The highest BCUT2D eigenvalue weighted by atomic mass is 32.1. The van der Waals surface area contributed by atoms with E-state index in [1.54, 1.807) is 17.5 Å². The maximum atomic E-state index is 12.8. The molecule has 1 amide bonds. The molecular formula is C19H19N5O2S. The van der Waals surface area contributed by atoms with Gasteiger partial charge in [-0.1, -0.05) is 13.0 Å². The van der Waals surface area contributed by atoms with Crippen LogP contribution in [0.2, 0.25) is 0 Å². The number of carbonyl (C=O) groups excluding carboxylic acids is 1. The molecule has 4 aromatic rings. The van der Waals surface area contributed by atoms with Gasteiger partial charge in [-0.05, 0) is 36.6 Å². The number of nitrogens with zero attached hydrogens (tertiary/aromatic N) is 4. The van der Waals surface area contributed by atoms with E-state index in [0.29, 0.717) is 11.9 Å². The van der Waals surface area contributed by atoms with E-state index in [-0.39, 0.29) is 24.1 Å². The molecule has 1 atom stereocenters. The summed E-state index contributed by atoms with van der Waals surface area (Å²) in [6.45, 7) is 3.72. The predicted octanol–water partition coefficient (Wildman–Crippen LogP) is 2.55. The van der Waals surface area contributed by atoms with Gasteiger partial charge in [0.05, 0.1) is 22.0 Å². The number of pyridine rings is 1. The molecule has 0 aliphatic rings. The van der Waals surface area contributed by atoms with Crippen molar-refractivity contribution < 1.29 is 4.79 Å². The van der Waals surface area contributed by atoms with Crippen LogP contribution >= 0.6 is 11.3 Å². The van der Waals surface area contributed by atoms with Gasteiger partial charge in [0.15, 0.2) is 0 Å². The molecule has 138 valence electrons. The minimum absolute atomic E-state index is 0.127. The highest BCUT2D eigenvalue weighted by Gasteiger charge is 2.17. The Morgan fingerprint density at radius 3 is 2.89 bits per heavy atom. The van der Waals surface area contributed by atoms with Crippen molar-refractivity contribution in [2.75, 3.05) is 0 Å². The molecule has 0 saturated heterocycles. The Kier molecular flexibility index (Phi) is 4.49. The highest BCUT2D eigenvalue weighted by Crippen LogP contribution is 2.24. The van der Waals surface area contributed by atoms with E-state index in [0.717, 1.165) is 21.7 Å². The van der Waals surface area contributed by atoms with Crippen LogP contribution in [-0.4, -0.2) is 25.1 Å². The molecule has 0 aliphatic heterocycles. The van der Waals surface area contributed by atoms with Crippen LogP contribution in [0.4, 0.5) is 0 Å². The second-order valence-corrected chi connectivity index (χ2v) is 7.26. The molecule has 1 N–H and O–H groups in total. The highest BCUT2D eigenvalue weighted by molar-refractivity contribution is 7.17. The van der Waals surface area contributed by atoms with Crippen LogP contribution < -0.4 is 10.9 Å². The fraction of sp³-hybridized carbons (Fsp3) is 0.263. The van der Waals surface area contributed by atoms with Crippen molar-refractivity contribution in [2.24, 2.45) is 0 Å². The SMILES string of the molecule is CCc1nn(CC(=O)N[C@@H](C)c2ccccn2)c(=O)c2cc3sccc3n12. The maximum Gasteiger partial charge on any atom is 0.291 e. The van der Waals surface area contributed by atoms with E-state index < -0.39 is 0 Å². The van der Waals surface area contributed by atoms with Gasteiger partial charge >= 0.3 is 0 Å². The van der Waals surface area contributed by atoms with Gasteiger partial charge < -0.3 is 5.32 Å². The lowest BCUT2D eigenvalue weighted by Gasteiger charge is -2.14. The maximum absolute atomic E-state index is 12.8. The molecule has 27 heavy (non-hydrogen) atoms. The molecule has 0 aromatic carbocycles. The molecule has 0 spiro atoms. The number of thiophene rings is 1.